The summed E-state index contributed by atoms with van der Waals surface area (Å²) in [6.07, 6.45) is 2.87. The van der Waals surface area contributed by atoms with Crippen molar-refractivity contribution in [3.8, 4) is 17.2 Å². The summed E-state index contributed by atoms with van der Waals surface area (Å²) < 4.78 is 39.0. The van der Waals surface area contributed by atoms with E-state index in [-0.39, 0.29) is 23.8 Å². The monoisotopic (exact) mass is 481 g/mol. The summed E-state index contributed by atoms with van der Waals surface area (Å²) in [6, 6.07) is 6.55. The summed E-state index contributed by atoms with van der Waals surface area (Å²) in [5.74, 6) is 1.83. The minimum atomic E-state index is -4.50. The number of halogens is 3. The van der Waals surface area contributed by atoms with Gasteiger partial charge < -0.3 is 9.80 Å². The normalized spacial score (nSPS) is 22.7. The van der Waals surface area contributed by atoms with E-state index < -0.39 is 11.9 Å². The maximum atomic E-state index is 13.0. The SMILES string of the molecule is N#Cc1cc(-c2ccc(C(F)(F)F)nc2)c(C2CC2)nc1N1CCN(C(=O)C2CC2)[C@H](C2CC2)C1. The predicted octanol–water partition coefficient (Wildman–Crippen LogP) is 4.75. The molecule has 1 amide bonds. The fourth-order valence-corrected chi connectivity index (χ4v) is 5.19. The molecule has 3 aliphatic carbocycles. The Balaban J connectivity index is 1.33. The van der Waals surface area contributed by atoms with E-state index in [0.29, 0.717) is 48.1 Å². The van der Waals surface area contributed by atoms with Crippen molar-refractivity contribution in [2.24, 2.45) is 11.8 Å². The highest BCUT2D eigenvalue weighted by Crippen LogP contribution is 2.46. The molecule has 0 radical (unpaired) electrons. The van der Waals surface area contributed by atoms with Crippen LogP contribution in [0.25, 0.3) is 11.1 Å². The summed E-state index contributed by atoms with van der Waals surface area (Å²) in [5, 5.41) is 9.98. The number of alkyl halides is 3. The van der Waals surface area contributed by atoms with E-state index in [1.54, 1.807) is 6.07 Å². The number of piperazine rings is 1. The minimum Gasteiger partial charge on any atom is -0.352 e. The number of aromatic nitrogens is 2. The van der Waals surface area contributed by atoms with Gasteiger partial charge in [-0.1, -0.05) is 6.07 Å². The average Bonchev–Trinajstić information content (AvgIpc) is 3.73. The van der Waals surface area contributed by atoms with Gasteiger partial charge in [0.25, 0.3) is 0 Å². The van der Waals surface area contributed by atoms with Crippen LogP contribution in [0.5, 0.6) is 0 Å². The van der Waals surface area contributed by atoms with Crippen molar-refractivity contribution < 1.29 is 18.0 Å². The molecular weight excluding hydrogens is 455 g/mol. The van der Waals surface area contributed by atoms with Gasteiger partial charge in [-0.15, -0.1) is 0 Å². The first-order valence-corrected chi connectivity index (χ1v) is 12.4. The number of nitrogens with zero attached hydrogens (tertiary/aromatic N) is 5. The van der Waals surface area contributed by atoms with Crippen LogP contribution in [0.1, 0.15) is 61.4 Å². The largest absolute Gasteiger partial charge is 0.433 e. The lowest BCUT2D eigenvalue weighted by Crippen LogP contribution is -2.57. The van der Waals surface area contributed by atoms with Crippen molar-refractivity contribution in [1.82, 2.24) is 14.9 Å². The number of carbonyl (C=O) groups excluding carboxylic acids is 1. The first kappa shape index (κ1) is 22.3. The molecule has 0 N–H and O–H groups in total. The van der Waals surface area contributed by atoms with E-state index in [1.165, 1.54) is 12.3 Å². The van der Waals surface area contributed by atoms with Crippen molar-refractivity contribution in [3.05, 3.63) is 41.3 Å². The van der Waals surface area contributed by atoms with Gasteiger partial charge in [0.1, 0.15) is 17.6 Å². The van der Waals surface area contributed by atoms with Crippen LogP contribution in [-0.4, -0.2) is 46.5 Å². The van der Waals surface area contributed by atoms with Crippen LogP contribution in [0.15, 0.2) is 24.4 Å². The Labute approximate surface area is 201 Å². The Morgan fingerprint density at radius 1 is 1.09 bits per heavy atom. The Hall–Kier alpha value is -3.15. The topological polar surface area (TPSA) is 73.1 Å². The second-order valence-electron chi connectivity index (χ2n) is 10.3. The molecule has 0 bridgehead atoms. The summed E-state index contributed by atoms with van der Waals surface area (Å²) in [5.41, 5.74) is 1.49. The number of pyridine rings is 2. The first-order chi connectivity index (χ1) is 16.8. The number of hydrogen-bond acceptors (Lipinski definition) is 5. The van der Waals surface area contributed by atoms with Crippen molar-refractivity contribution >= 4 is 11.7 Å². The van der Waals surface area contributed by atoms with Gasteiger partial charge >= 0.3 is 6.18 Å². The smallest absolute Gasteiger partial charge is 0.352 e. The van der Waals surface area contributed by atoms with Crippen molar-refractivity contribution in [3.63, 3.8) is 0 Å². The highest BCUT2D eigenvalue weighted by Gasteiger charge is 2.45. The van der Waals surface area contributed by atoms with Crippen LogP contribution >= 0.6 is 0 Å². The molecule has 3 saturated carbocycles. The molecule has 2 aromatic heterocycles. The fourth-order valence-electron chi connectivity index (χ4n) is 5.19. The Bertz CT molecular complexity index is 1190. The number of hydrogen-bond donors (Lipinski definition) is 0. The molecule has 4 aliphatic rings. The molecule has 35 heavy (non-hydrogen) atoms. The zero-order valence-corrected chi connectivity index (χ0v) is 19.3. The molecule has 9 heteroatoms. The van der Waals surface area contributed by atoms with Gasteiger partial charge in [-0.2, -0.15) is 18.4 Å². The van der Waals surface area contributed by atoms with E-state index >= 15 is 0 Å². The maximum Gasteiger partial charge on any atom is 0.433 e. The summed E-state index contributed by atoms with van der Waals surface area (Å²) >= 11 is 0. The van der Waals surface area contributed by atoms with Gasteiger partial charge in [0, 0.05) is 48.8 Å². The summed E-state index contributed by atoms with van der Waals surface area (Å²) in [6.45, 7) is 1.91. The van der Waals surface area contributed by atoms with E-state index in [4.69, 9.17) is 4.98 Å². The molecule has 4 fully saturated rings. The highest BCUT2D eigenvalue weighted by atomic mass is 19.4. The summed E-state index contributed by atoms with van der Waals surface area (Å²) in [4.78, 5) is 25.7. The van der Waals surface area contributed by atoms with Crippen LogP contribution in [-0.2, 0) is 11.0 Å². The summed E-state index contributed by atoms with van der Waals surface area (Å²) in [7, 11) is 0. The Morgan fingerprint density at radius 3 is 2.43 bits per heavy atom. The molecule has 1 atom stereocenters. The quantitative estimate of drug-likeness (QED) is 0.616. The fraction of sp³-hybridized carbons (Fsp3) is 0.538. The number of amides is 1. The van der Waals surface area contributed by atoms with E-state index in [0.717, 1.165) is 50.3 Å². The second kappa shape index (κ2) is 8.21. The molecule has 0 spiro atoms. The average molecular weight is 482 g/mol. The van der Waals surface area contributed by atoms with Gasteiger partial charge in [0.05, 0.1) is 17.3 Å². The van der Waals surface area contributed by atoms with Crippen molar-refractivity contribution in [2.75, 3.05) is 24.5 Å². The molecule has 6 nitrogen and oxygen atoms in total. The third-order valence-corrected chi connectivity index (χ3v) is 7.58. The lowest BCUT2D eigenvalue weighted by atomic mass is 9.99. The number of carbonyl (C=O) groups is 1. The Morgan fingerprint density at radius 2 is 1.86 bits per heavy atom. The second-order valence-corrected chi connectivity index (χ2v) is 10.3. The minimum absolute atomic E-state index is 0.147. The molecule has 3 heterocycles. The number of rotatable bonds is 5. The Kier molecular flexibility index (Phi) is 5.24. The lowest BCUT2D eigenvalue weighted by Gasteiger charge is -2.43. The molecule has 0 unspecified atom stereocenters. The van der Waals surface area contributed by atoms with Crippen LogP contribution < -0.4 is 4.90 Å². The third-order valence-electron chi connectivity index (χ3n) is 7.58. The predicted molar refractivity (Wildman–Crippen MR) is 122 cm³/mol. The van der Waals surface area contributed by atoms with E-state index in [9.17, 15) is 23.2 Å². The van der Waals surface area contributed by atoms with Crippen LogP contribution in [0.4, 0.5) is 19.0 Å². The van der Waals surface area contributed by atoms with Crippen molar-refractivity contribution in [1.29, 1.82) is 5.26 Å². The number of anilines is 1. The maximum absolute atomic E-state index is 13.0. The van der Waals surface area contributed by atoms with Crippen LogP contribution in [0.2, 0.25) is 0 Å². The molecule has 1 saturated heterocycles. The standard InChI is InChI=1S/C26H26F3N5O/c27-26(28,29)22-8-7-18(13-31-22)20-11-19(12-30)24(32-23(20)16-3-4-16)33-9-10-34(25(35)17-5-6-17)21(14-33)15-1-2-15/h7-8,11,13,15-17,21H,1-6,9-10,14H2/t21-/m0/s1. The zero-order chi connectivity index (χ0) is 24.3. The van der Waals surface area contributed by atoms with Gasteiger partial charge in [0.15, 0.2) is 0 Å². The van der Waals surface area contributed by atoms with Crippen LogP contribution in [0.3, 0.4) is 0 Å². The van der Waals surface area contributed by atoms with E-state index in [2.05, 4.69) is 20.9 Å². The van der Waals surface area contributed by atoms with Gasteiger partial charge in [-0.25, -0.2) is 4.98 Å². The van der Waals surface area contributed by atoms with Crippen molar-refractivity contribution in [2.45, 2.75) is 56.7 Å². The van der Waals surface area contributed by atoms with Gasteiger partial charge in [-0.3, -0.25) is 9.78 Å². The molecular formula is C26H26F3N5O. The van der Waals surface area contributed by atoms with Crippen LogP contribution in [0, 0.1) is 23.2 Å². The van der Waals surface area contributed by atoms with E-state index in [1.807, 2.05) is 0 Å². The van der Waals surface area contributed by atoms with Gasteiger partial charge in [-0.05, 0) is 56.6 Å². The zero-order valence-electron chi connectivity index (χ0n) is 19.3. The molecule has 0 aromatic carbocycles. The number of nitriles is 1. The highest BCUT2D eigenvalue weighted by molar-refractivity contribution is 5.82. The molecule has 6 rings (SSSR count). The molecule has 1 aliphatic heterocycles. The molecule has 2 aromatic rings. The molecule has 182 valence electrons. The lowest BCUT2D eigenvalue weighted by molar-refractivity contribution is -0.141. The third kappa shape index (κ3) is 4.35. The first-order valence-electron chi connectivity index (χ1n) is 12.4. The van der Waals surface area contributed by atoms with Gasteiger partial charge in [0.2, 0.25) is 5.91 Å².